The van der Waals surface area contributed by atoms with E-state index in [0.29, 0.717) is 17.1 Å². The fourth-order valence-electron chi connectivity index (χ4n) is 2.84. The van der Waals surface area contributed by atoms with Gasteiger partial charge in [0, 0.05) is 23.8 Å². The summed E-state index contributed by atoms with van der Waals surface area (Å²) >= 11 is 0. The van der Waals surface area contributed by atoms with Crippen molar-refractivity contribution >= 4 is 10.9 Å². The number of nitrogens with zero attached hydrogens (tertiary/aromatic N) is 4. The lowest BCUT2D eigenvalue weighted by Crippen LogP contribution is -2.06. The van der Waals surface area contributed by atoms with E-state index >= 15 is 0 Å². The van der Waals surface area contributed by atoms with Crippen molar-refractivity contribution in [3.05, 3.63) is 72.3 Å². The molecule has 0 aliphatic rings. The van der Waals surface area contributed by atoms with Gasteiger partial charge in [-0.15, -0.1) is 0 Å². The van der Waals surface area contributed by atoms with Gasteiger partial charge in [-0.3, -0.25) is 4.57 Å². The molecule has 4 rings (SSSR count). The molecule has 2 heterocycles. The molecule has 0 spiro atoms. The van der Waals surface area contributed by atoms with Crippen molar-refractivity contribution in [3.63, 3.8) is 0 Å². The molecule has 2 aromatic heterocycles. The molecular weight excluding hydrogens is 307 g/mol. The SMILES string of the molecule is N#Cc1c(-n2cccn2)n(-c2ccc(O)c(F)c2)c2ccccc12. The predicted molar refractivity (Wildman–Crippen MR) is 86.7 cm³/mol. The van der Waals surface area contributed by atoms with E-state index in [1.165, 1.54) is 12.1 Å². The van der Waals surface area contributed by atoms with Gasteiger partial charge in [0.15, 0.2) is 17.4 Å². The highest BCUT2D eigenvalue weighted by Gasteiger charge is 2.20. The van der Waals surface area contributed by atoms with Gasteiger partial charge in [0.1, 0.15) is 11.6 Å². The number of aromatic nitrogens is 3. The first-order valence-corrected chi connectivity index (χ1v) is 7.23. The van der Waals surface area contributed by atoms with Crippen LogP contribution in [0.1, 0.15) is 5.56 Å². The Morgan fingerprint density at radius 1 is 1.12 bits per heavy atom. The lowest BCUT2D eigenvalue weighted by atomic mass is 10.2. The van der Waals surface area contributed by atoms with Crippen LogP contribution in [0.15, 0.2) is 60.9 Å². The average Bonchev–Trinajstić information content (AvgIpc) is 3.22. The second-order valence-corrected chi connectivity index (χ2v) is 5.25. The monoisotopic (exact) mass is 318 g/mol. The number of benzene rings is 2. The molecule has 1 N–H and O–H groups in total. The summed E-state index contributed by atoms with van der Waals surface area (Å²) in [4.78, 5) is 0. The van der Waals surface area contributed by atoms with E-state index in [4.69, 9.17) is 0 Å². The molecule has 0 amide bonds. The summed E-state index contributed by atoms with van der Waals surface area (Å²) in [5, 5.41) is 24.1. The average molecular weight is 318 g/mol. The molecule has 0 radical (unpaired) electrons. The minimum Gasteiger partial charge on any atom is -0.505 e. The van der Waals surface area contributed by atoms with Crippen LogP contribution in [0, 0.1) is 17.1 Å². The van der Waals surface area contributed by atoms with Crippen LogP contribution in [0.4, 0.5) is 4.39 Å². The van der Waals surface area contributed by atoms with Crippen molar-refractivity contribution in [2.75, 3.05) is 0 Å². The highest BCUT2D eigenvalue weighted by Crippen LogP contribution is 2.32. The van der Waals surface area contributed by atoms with Crippen molar-refractivity contribution < 1.29 is 9.50 Å². The highest BCUT2D eigenvalue weighted by atomic mass is 19.1. The maximum atomic E-state index is 13.9. The third-order valence-electron chi connectivity index (χ3n) is 3.87. The Labute approximate surface area is 136 Å². The molecule has 5 nitrogen and oxygen atoms in total. The second-order valence-electron chi connectivity index (χ2n) is 5.25. The maximum absolute atomic E-state index is 13.9. The van der Waals surface area contributed by atoms with E-state index in [2.05, 4.69) is 11.2 Å². The molecule has 0 saturated heterocycles. The Bertz CT molecular complexity index is 1090. The number of rotatable bonds is 2. The summed E-state index contributed by atoms with van der Waals surface area (Å²) in [5.41, 5.74) is 1.70. The second kappa shape index (κ2) is 5.25. The lowest BCUT2D eigenvalue weighted by molar-refractivity contribution is 0.432. The fourth-order valence-corrected chi connectivity index (χ4v) is 2.84. The minimum atomic E-state index is -0.727. The number of phenolic OH excluding ortho intramolecular Hbond substituents is 1. The Kier molecular flexibility index (Phi) is 3.07. The van der Waals surface area contributed by atoms with E-state index in [1.807, 2.05) is 24.3 Å². The van der Waals surface area contributed by atoms with Crippen LogP contribution in [0.25, 0.3) is 22.4 Å². The normalized spacial score (nSPS) is 10.8. The van der Waals surface area contributed by atoms with E-state index in [0.717, 1.165) is 10.9 Å². The van der Waals surface area contributed by atoms with Crippen LogP contribution in [0.2, 0.25) is 0 Å². The van der Waals surface area contributed by atoms with Gasteiger partial charge < -0.3 is 5.11 Å². The van der Waals surface area contributed by atoms with Crippen molar-refractivity contribution in [2.45, 2.75) is 0 Å². The number of phenols is 1. The third kappa shape index (κ3) is 1.96. The van der Waals surface area contributed by atoms with Gasteiger partial charge in [0.25, 0.3) is 0 Å². The van der Waals surface area contributed by atoms with Crippen molar-refractivity contribution in [2.24, 2.45) is 0 Å². The molecule has 0 saturated carbocycles. The van der Waals surface area contributed by atoms with Crippen LogP contribution in [0.5, 0.6) is 5.75 Å². The molecule has 0 atom stereocenters. The number of hydrogen-bond donors (Lipinski definition) is 1. The topological polar surface area (TPSA) is 66.8 Å². The lowest BCUT2D eigenvalue weighted by Gasteiger charge is -2.11. The van der Waals surface area contributed by atoms with Crippen molar-refractivity contribution in [1.82, 2.24) is 14.3 Å². The number of aromatic hydroxyl groups is 1. The molecule has 0 aliphatic carbocycles. The Morgan fingerprint density at radius 2 is 1.96 bits per heavy atom. The zero-order valence-corrected chi connectivity index (χ0v) is 12.4. The Morgan fingerprint density at radius 3 is 2.67 bits per heavy atom. The van der Waals surface area contributed by atoms with Gasteiger partial charge in [0.05, 0.1) is 11.2 Å². The van der Waals surface area contributed by atoms with Gasteiger partial charge >= 0.3 is 0 Å². The molecule has 116 valence electrons. The smallest absolute Gasteiger partial charge is 0.166 e. The standard InChI is InChI=1S/C18H11FN4O/c19-15-10-12(6-7-17(15)24)23-16-5-2-1-4-13(16)14(11-20)18(23)22-9-3-8-21-22/h1-10,24H. The summed E-state index contributed by atoms with van der Waals surface area (Å²) < 4.78 is 17.2. The van der Waals surface area contributed by atoms with Crippen LogP contribution in [0.3, 0.4) is 0 Å². The number of halogens is 1. The molecule has 2 aromatic carbocycles. The Balaban J connectivity index is 2.16. The van der Waals surface area contributed by atoms with E-state index < -0.39 is 11.6 Å². The zero-order chi connectivity index (χ0) is 16.7. The quantitative estimate of drug-likeness (QED) is 0.615. The first kappa shape index (κ1) is 14.0. The van der Waals surface area contributed by atoms with Gasteiger partial charge in [-0.05, 0) is 24.3 Å². The fraction of sp³-hybridized carbons (Fsp3) is 0. The third-order valence-corrected chi connectivity index (χ3v) is 3.87. The van der Waals surface area contributed by atoms with E-state index in [-0.39, 0.29) is 0 Å². The zero-order valence-electron chi connectivity index (χ0n) is 12.4. The molecule has 0 aliphatic heterocycles. The van der Waals surface area contributed by atoms with Crippen LogP contribution in [-0.2, 0) is 0 Å². The minimum absolute atomic E-state index is 0.420. The number of hydrogen-bond acceptors (Lipinski definition) is 3. The highest BCUT2D eigenvalue weighted by molar-refractivity contribution is 5.92. The number of nitriles is 1. The van der Waals surface area contributed by atoms with Gasteiger partial charge in [-0.1, -0.05) is 18.2 Å². The summed E-state index contributed by atoms with van der Waals surface area (Å²) in [5.74, 6) is -0.625. The van der Waals surface area contributed by atoms with Crippen molar-refractivity contribution in [3.8, 4) is 23.3 Å². The molecule has 0 fully saturated rings. The molecule has 24 heavy (non-hydrogen) atoms. The molecule has 4 aromatic rings. The first-order valence-electron chi connectivity index (χ1n) is 7.23. The van der Waals surface area contributed by atoms with Gasteiger partial charge in [0.2, 0.25) is 0 Å². The number of para-hydroxylation sites is 1. The van der Waals surface area contributed by atoms with Crippen molar-refractivity contribution in [1.29, 1.82) is 5.26 Å². The van der Waals surface area contributed by atoms with Crippen LogP contribution < -0.4 is 0 Å². The van der Waals surface area contributed by atoms with E-state index in [1.54, 1.807) is 33.8 Å². The number of fused-ring (bicyclic) bond motifs is 1. The molecule has 0 unspecified atom stereocenters. The first-order chi connectivity index (χ1) is 11.7. The summed E-state index contributed by atoms with van der Waals surface area (Å²) in [6.45, 7) is 0. The predicted octanol–water partition coefficient (Wildman–Crippen LogP) is 3.53. The van der Waals surface area contributed by atoms with Gasteiger partial charge in [-0.25, -0.2) is 9.07 Å². The molecule has 0 bridgehead atoms. The Hall–Kier alpha value is -3.59. The van der Waals surface area contributed by atoms with Gasteiger partial charge in [-0.2, -0.15) is 10.4 Å². The van der Waals surface area contributed by atoms with Crippen LogP contribution in [-0.4, -0.2) is 19.5 Å². The summed E-state index contributed by atoms with van der Waals surface area (Å²) in [7, 11) is 0. The maximum Gasteiger partial charge on any atom is 0.166 e. The van der Waals surface area contributed by atoms with Crippen LogP contribution >= 0.6 is 0 Å². The summed E-state index contributed by atoms with van der Waals surface area (Å²) in [6, 6.07) is 15.5. The molecule has 6 heteroatoms. The largest absolute Gasteiger partial charge is 0.505 e. The van der Waals surface area contributed by atoms with E-state index in [9.17, 15) is 14.8 Å². The summed E-state index contributed by atoms with van der Waals surface area (Å²) in [6.07, 6.45) is 3.34. The molecular formula is C18H11FN4O.